The molecule has 160 valence electrons. The number of hydrogen-bond donors (Lipinski definition) is 2. The molecule has 0 aliphatic carbocycles. The number of carbonyl (C=O) groups excluding carboxylic acids is 1. The molecule has 2 N–H and O–H groups in total. The van der Waals surface area contributed by atoms with Crippen molar-refractivity contribution in [2.45, 2.75) is 18.5 Å². The van der Waals surface area contributed by atoms with Gasteiger partial charge in [-0.15, -0.1) is 11.3 Å². The molecule has 1 aliphatic rings. The number of hydrogen-bond acceptors (Lipinski definition) is 5. The fraction of sp³-hybridized carbons (Fsp3) is 0.227. The summed E-state index contributed by atoms with van der Waals surface area (Å²) in [7, 11) is 1.58. The lowest BCUT2D eigenvalue weighted by Gasteiger charge is -2.26. The van der Waals surface area contributed by atoms with E-state index in [1.165, 1.54) is 11.3 Å². The second-order valence-electron chi connectivity index (χ2n) is 6.96. The number of nitrogens with one attached hydrogen (secondary N) is 2. The first-order valence-electron chi connectivity index (χ1n) is 9.73. The lowest BCUT2D eigenvalue weighted by Crippen LogP contribution is -2.32. The number of anilines is 1. The van der Waals surface area contributed by atoms with Gasteiger partial charge < -0.3 is 20.3 Å². The third-order valence-electron chi connectivity index (χ3n) is 5.04. The Bertz CT molecular complexity index is 1080. The zero-order valence-electron chi connectivity index (χ0n) is 16.7. The topological polar surface area (TPSA) is 66.5 Å². The molecule has 31 heavy (non-hydrogen) atoms. The average Bonchev–Trinajstić information content (AvgIpc) is 3.35. The quantitative estimate of drug-likeness (QED) is 0.481. The number of para-hydroxylation sites is 2. The summed E-state index contributed by atoms with van der Waals surface area (Å²) in [5.74, 6) is 0.507. The Morgan fingerprint density at radius 3 is 2.77 bits per heavy atom. The molecule has 0 unspecified atom stereocenters. The molecular formula is C22H21ClN4O2S2. The van der Waals surface area contributed by atoms with Gasteiger partial charge in [-0.1, -0.05) is 29.8 Å². The van der Waals surface area contributed by atoms with E-state index >= 15 is 0 Å². The molecule has 2 aromatic heterocycles. The monoisotopic (exact) mass is 472 g/mol. The molecule has 6 nitrogen and oxygen atoms in total. The Morgan fingerprint density at radius 2 is 2.06 bits per heavy atom. The summed E-state index contributed by atoms with van der Waals surface area (Å²) in [4.78, 5) is 20.3. The summed E-state index contributed by atoms with van der Waals surface area (Å²) in [6.07, 6.45) is 2.03. The van der Waals surface area contributed by atoms with Crippen molar-refractivity contribution in [1.82, 2.24) is 15.2 Å². The van der Waals surface area contributed by atoms with Crippen LogP contribution in [0.5, 0.6) is 5.75 Å². The van der Waals surface area contributed by atoms with Crippen molar-refractivity contribution in [3.8, 4) is 5.75 Å². The maximum atomic E-state index is 12.7. The van der Waals surface area contributed by atoms with E-state index in [0.29, 0.717) is 27.4 Å². The molecule has 3 aromatic rings. The molecule has 1 aliphatic heterocycles. The van der Waals surface area contributed by atoms with Crippen LogP contribution in [0.3, 0.4) is 0 Å². The van der Waals surface area contributed by atoms with E-state index in [2.05, 4.69) is 15.6 Å². The standard InChI is InChI=1S/C22H21ClN4O2S2/c1-29-16-8-3-2-6-14(16)25-19(28)11-13-27-21(17-9-10-18(23)31-17)20(26-22(27)30)15-7-4-5-12-24-15/h2-10,12,20-21H,11,13H2,1H3,(H,25,28)(H,26,30)/t20-,21-/m1/s1. The van der Waals surface area contributed by atoms with Crippen LogP contribution in [-0.2, 0) is 4.79 Å². The average molecular weight is 473 g/mol. The summed E-state index contributed by atoms with van der Waals surface area (Å²) in [6.45, 7) is 0.455. The fourth-order valence-corrected chi connectivity index (χ4v) is 5.17. The van der Waals surface area contributed by atoms with Crippen LogP contribution in [0.4, 0.5) is 5.69 Å². The van der Waals surface area contributed by atoms with Crippen LogP contribution in [0.2, 0.25) is 4.34 Å². The van der Waals surface area contributed by atoms with Gasteiger partial charge in [-0.05, 0) is 48.6 Å². The normalized spacial score (nSPS) is 18.0. The van der Waals surface area contributed by atoms with Crippen molar-refractivity contribution in [2.24, 2.45) is 0 Å². The van der Waals surface area contributed by atoms with E-state index in [1.54, 1.807) is 13.3 Å². The van der Waals surface area contributed by atoms with Crippen molar-refractivity contribution < 1.29 is 9.53 Å². The third-order valence-corrected chi connectivity index (χ3v) is 6.70. The minimum Gasteiger partial charge on any atom is -0.495 e. The number of halogens is 1. The Labute approximate surface area is 195 Å². The second-order valence-corrected chi connectivity index (χ2v) is 9.09. The maximum Gasteiger partial charge on any atom is 0.226 e. The molecule has 0 bridgehead atoms. The number of thiocarbonyl (C=S) groups is 1. The predicted octanol–water partition coefficient (Wildman–Crippen LogP) is 4.81. The largest absolute Gasteiger partial charge is 0.495 e. The Balaban J connectivity index is 1.52. The minimum absolute atomic E-state index is 0.0982. The molecule has 1 fully saturated rings. The van der Waals surface area contributed by atoms with Gasteiger partial charge in [-0.2, -0.15) is 0 Å². The lowest BCUT2D eigenvalue weighted by molar-refractivity contribution is -0.116. The van der Waals surface area contributed by atoms with Crippen LogP contribution < -0.4 is 15.4 Å². The zero-order valence-corrected chi connectivity index (χ0v) is 19.1. The summed E-state index contributed by atoms with van der Waals surface area (Å²) < 4.78 is 6.02. The van der Waals surface area contributed by atoms with E-state index in [1.807, 2.05) is 59.5 Å². The number of aromatic nitrogens is 1. The van der Waals surface area contributed by atoms with Gasteiger partial charge in [-0.3, -0.25) is 9.78 Å². The number of amides is 1. The predicted molar refractivity (Wildman–Crippen MR) is 128 cm³/mol. The SMILES string of the molecule is COc1ccccc1NC(=O)CCN1C(=S)N[C@H](c2ccccn2)[C@H]1c1ccc(Cl)s1. The second kappa shape index (κ2) is 9.64. The number of thiophene rings is 1. The Kier molecular flexibility index (Phi) is 6.70. The summed E-state index contributed by atoms with van der Waals surface area (Å²) in [5, 5.41) is 6.89. The van der Waals surface area contributed by atoms with E-state index in [9.17, 15) is 4.79 Å². The van der Waals surface area contributed by atoms with Gasteiger partial charge in [0.15, 0.2) is 5.11 Å². The zero-order chi connectivity index (χ0) is 21.8. The molecule has 0 saturated carbocycles. The number of ether oxygens (including phenoxy) is 1. The summed E-state index contributed by atoms with van der Waals surface area (Å²) in [6, 6.07) is 16.8. The van der Waals surface area contributed by atoms with Crippen LogP contribution in [0.1, 0.15) is 29.1 Å². The maximum absolute atomic E-state index is 12.7. The highest BCUT2D eigenvalue weighted by Crippen LogP contribution is 2.42. The van der Waals surface area contributed by atoms with Crippen LogP contribution >= 0.6 is 35.2 Å². The Morgan fingerprint density at radius 1 is 1.26 bits per heavy atom. The van der Waals surface area contributed by atoms with E-state index < -0.39 is 0 Å². The van der Waals surface area contributed by atoms with Gasteiger partial charge in [0.05, 0.1) is 34.9 Å². The molecule has 0 spiro atoms. The number of benzene rings is 1. The van der Waals surface area contributed by atoms with Crippen molar-refractivity contribution in [3.63, 3.8) is 0 Å². The van der Waals surface area contributed by atoms with Crippen LogP contribution in [-0.4, -0.2) is 34.6 Å². The highest BCUT2D eigenvalue weighted by atomic mass is 35.5. The van der Waals surface area contributed by atoms with Gasteiger partial charge in [0.2, 0.25) is 5.91 Å². The molecule has 1 amide bonds. The van der Waals surface area contributed by atoms with E-state index in [-0.39, 0.29) is 24.4 Å². The molecule has 1 aromatic carbocycles. The summed E-state index contributed by atoms with van der Waals surface area (Å²) in [5.41, 5.74) is 1.53. The molecular weight excluding hydrogens is 452 g/mol. The number of nitrogens with zero attached hydrogens (tertiary/aromatic N) is 2. The highest BCUT2D eigenvalue weighted by molar-refractivity contribution is 7.80. The Hall–Kier alpha value is -2.68. The third kappa shape index (κ3) is 4.81. The van der Waals surface area contributed by atoms with Gasteiger partial charge in [-0.25, -0.2) is 0 Å². The summed E-state index contributed by atoms with van der Waals surface area (Å²) >= 11 is 13.4. The van der Waals surface area contributed by atoms with Crippen LogP contribution in [0.15, 0.2) is 60.8 Å². The van der Waals surface area contributed by atoms with E-state index in [0.717, 1.165) is 10.6 Å². The van der Waals surface area contributed by atoms with Crippen molar-refractivity contribution in [3.05, 3.63) is 75.7 Å². The first-order valence-corrected chi connectivity index (χ1v) is 11.3. The number of pyridine rings is 1. The molecule has 4 rings (SSSR count). The number of rotatable bonds is 7. The lowest BCUT2D eigenvalue weighted by atomic mass is 10.0. The molecule has 2 atom stereocenters. The van der Waals surface area contributed by atoms with Crippen LogP contribution in [0, 0.1) is 0 Å². The molecule has 1 saturated heterocycles. The van der Waals surface area contributed by atoms with Gasteiger partial charge in [0.25, 0.3) is 0 Å². The smallest absolute Gasteiger partial charge is 0.226 e. The van der Waals surface area contributed by atoms with Gasteiger partial charge in [0.1, 0.15) is 5.75 Å². The molecule has 3 heterocycles. The molecule has 9 heteroatoms. The molecule has 0 radical (unpaired) electrons. The first-order chi connectivity index (χ1) is 15.1. The fourth-order valence-electron chi connectivity index (χ4n) is 3.63. The number of methoxy groups -OCH3 is 1. The van der Waals surface area contributed by atoms with Crippen LogP contribution in [0.25, 0.3) is 0 Å². The minimum atomic E-state index is -0.124. The van der Waals surface area contributed by atoms with Gasteiger partial charge in [0, 0.05) is 24.0 Å². The first kappa shape index (κ1) is 21.5. The van der Waals surface area contributed by atoms with Gasteiger partial charge >= 0.3 is 0 Å². The van der Waals surface area contributed by atoms with Crippen molar-refractivity contribution in [2.75, 3.05) is 19.0 Å². The highest BCUT2D eigenvalue weighted by Gasteiger charge is 2.40. The number of carbonyl (C=O) groups is 1. The van der Waals surface area contributed by atoms with E-state index in [4.69, 9.17) is 28.6 Å². The van der Waals surface area contributed by atoms with Crippen molar-refractivity contribution in [1.29, 1.82) is 0 Å². The van der Waals surface area contributed by atoms with Crippen molar-refractivity contribution >= 4 is 51.9 Å².